The van der Waals surface area contributed by atoms with E-state index in [4.69, 9.17) is 11.6 Å². The molecule has 1 heterocycles. The van der Waals surface area contributed by atoms with Crippen molar-refractivity contribution in [1.29, 1.82) is 0 Å². The van der Waals surface area contributed by atoms with Gasteiger partial charge in [0.15, 0.2) is 0 Å². The molecule has 0 unspecified atom stereocenters. The first-order valence-electron chi connectivity index (χ1n) is 4.74. The van der Waals surface area contributed by atoms with Crippen molar-refractivity contribution in [3.05, 3.63) is 54.9 Å². The smallest absolute Gasteiger partial charge is 0.205 e. The molecule has 5 heteroatoms. The monoisotopic (exact) mass is 332 g/mol. The molecule has 1 aromatic heterocycles. The Labute approximate surface area is 115 Å². The standard InChI is InChI=1S/C12H7BrClFOS/c1-6-2-3-9(15)7(4-6)11(16)10-5-8(14)12(13)17-10/h2-5H,1H3. The number of ketones is 1. The molecule has 0 radical (unpaired) electrons. The molecular formula is C12H7BrClFOS. The predicted molar refractivity (Wildman–Crippen MR) is 71.6 cm³/mol. The maximum absolute atomic E-state index is 13.6. The first-order valence-corrected chi connectivity index (χ1v) is 6.73. The number of hydrogen-bond acceptors (Lipinski definition) is 2. The molecule has 0 aliphatic carbocycles. The number of carbonyl (C=O) groups excluding carboxylic acids is 1. The highest BCUT2D eigenvalue weighted by molar-refractivity contribution is 9.11. The van der Waals surface area contributed by atoms with Gasteiger partial charge in [-0.15, -0.1) is 11.3 Å². The molecule has 0 aliphatic rings. The summed E-state index contributed by atoms with van der Waals surface area (Å²) in [5, 5.41) is 0.464. The number of halogens is 3. The molecule has 0 bridgehead atoms. The van der Waals surface area contributed by atoms with Crippen molar-refractivity contribution in [2.45, 2.75) is 6.92 Å². The highest BCUT2D eigenvalue weighted by atomic mass is 79.9. The van der Waals surface area contributed by atoms with Gasteiger partial charge < -0.3 is 0 Å². The zero-order valence-corrected chi connectivity index (χ0v) is 11.9. The van der Waals surface area contributed by atoms with Crippen LogP contribution in [0, 0.1) is 12.7 Å². The summed E-state index contributed by atoms with van der Waals surface area (Å²) in [5.74, 6) is -0.856. The van der Waals surface area contributed by atoms with Gasteiger partial charge in [0.2, 0.25) is 5.78 Å². The van der Waals surface area contributed by atoms with E-state index < -0.39 is 5.82 Å². The Morgan fingerprint density at radius 2 is 2.12 bits per heavy atom. The van der Waals surface area contributed by atoms with E-state index in [0.717, 1.165) is 5.56 Å². The molecule has 0 saturated heterocycles. The first kappa shape index (κ1) is 12.7. The highest BCUT2D eigenvalue weighted by Crippen LogP contribution is 2.33. The van der Waals surface area contributed by atoms with Gasteiger partial charge in [-0.05, 0) is 41.1 Å². The van der Waals surface area contributed by atoms with Crippen LogP contribution in [0.15, 0.2) is 28.1 Å². The largest absolute Gasteiger partial charge is 0.288 e. The van der Waals surface area contributed by atoms with Crippen LogP contribution in [0.5, 0.6) is 0 Å². The van der Waals surface area contributed by atoms with Crippen LogP contribution >= 0.6 is 38.9 Å². The lowest BCUT2D eigenvalue weighted by Gasteiger charge is -2.01. The van der Waals surface area contributed by atoms with Crippen molar-refractivity contribution >= 4 is 44.7 Å². The zero-order valence-electron chi connectivity index (χ0n) is 8.76. The van der Waals surface area contributed by atoms with Crippen molar-refractivity contribution in [2.24, 2.45) is 0 Å². The molecule has 1 aromatic carbocycles. The van der Waals surface area contributed by atoms with Gasteiger partial charge in [-0.1, -0.05) is 23.2 Å². The van der Waals surface area contributed by atoms with Crippen LogP contribution in [-0.2, 0) is 0 Å². The van der Waals surface area contributed by atoms with E-state index in [0.29, 0.717) is 13.7 Å². The van der Waals surface area contributed by atoms with E-state index in [1.165, 1.54) is 17.4 Å². The Morgan fingerprint density at radius 1 is 1.41 bits per heavy atom. The van der Waals surface area contributed by atoms with Crippen molar-refractivity contribution < 1.29 is 9.18 Å². The number of carbonyl (C=O) groups is 1. The summed E-state index contributed by atoms with van der Waals surface area (Å²) in [6, 6.07) is 6.01. The SMILES string of the molecule is Cc1ccc(F)c(C(=O)c2cc(Cl)c(Br)s2)c1. The average molecular weight is 334 g/mol. The van der Waals surface area contributed by atoms with Crippen molar-refractivity contribution in [2.75, 3.05) is 0 Å². The Kier molecular flexibility index (Phi) is 3.66. The molecule has 0 fully saturated rings. The van der Waals surface area contributed by atoms with Crippen LogP contribution in [-0.4, -0.2) is 5.78 Å². The van der Waals surface area contributed by atoms with Crippen LogP contribution in [0.3, 0.4) is 0 Å². The lowest BCUT2D eigenvalue weighted by Crippen LogP contribution is -2.02. The lowest BCUT2D eigenvalue weighted by atomic mass is 10.1. The zero-order chi connectivity index (χ0) is 12.6. The second kappa shape index (κ2) is 4.88. The maximum atomic E-state index is 13.6. The molecule has 0 atom stereocenters. The van der Waals surface area contributed by atoms with Gasteiger partial charge in [-0.25, -0.2) is 4.39 Å². The summed E-state index contributed by atoms with van der Waals surface area (Å²) in [4.78, 5) is 12.5. The van der Waals surface area contributed by atoms with Gasteiger partial charge >= 0.3 is 0 Å². The molecule has 0 spiro atoms. The predicted octanol–water partition coefficient (Wildman–Crippen LogP) is 4.84. The topological polar surface area (TPSA) is 17.1 Å². The number of rotatable bonds is 2. The van der Waals surface area contributed by atoms with Gasteiger partial charge in [0.1, 0.15) is 5.82 Å². The average Bonchev–Trinajstić information content (AvgIpc) is 2.62. The summed E-state index contributed by atoms with van der Waals surface area (Å²) in [6.07, 6.45) is 0. The summed E-state index contributed by atoms with van der Waals surface area (Å²) in [5.41, 5.74) is 0.923. The minimum Gasteiger partial charge on any atom is -0.288 e. The summed E-state index contributed by atoms with van der Waals surface area (Å²) in [6.45, 7) is 1.81. The molecule has 17 heavy (non-hydrogen) atoms. The molecule has 88 valence electrons. The third-order valence-electron chi connectivity index (χ3n) is 2.24. The van der Waals surface area contributed by atoms with Crippen LogP contribution in [0.1, 0.15) is 20.8 Å². The first-order chi connectivity index (χ1) is 7.99. The van der Waals surface area contributed by atoms with Gasteiger partial charge in [0.25, 0.3) is 0 Å². The highest BCUT2D eigenvalue weighted by Gasteiger charge is 2.17. The quantitative estimate of drug-likeness (QED) is 0.719. The molecule has 0 amide bonds. The minimum atomic E-state index is -0.513. The third kappa shape index (κ3) is 2.59. The lowest BCUT2D eigenvalue weighted by molar-refractivity contribution is 0.103. The van der Waals surface area contributed by atoms with E-state index in [-0.39, 0.29) is 11.3 Å². The summed E-state index contributed by atoms with van der Waals surface area (Å²) >= 11 is 10.3. The minimum absolute atomic E-state index is 0.0791. The van der Waals surface area contributed by atoms with Gasteiger partial charge in [-0.3, -0.25) is 4.79 Å². The van der Waals surface area contributed by atoms with Crippen LogP contribution in [0.25, 0.3) is 0 Å². The second-order valence-corrected chi connectivity index (χ2v) is 6.32. The van der Waals surface area contributed by atoms with Gasteiger partial charge in [-0.2, -0.15) is 0 Å². The molecule has 0 saturated carbocycles. The Bertz CT molecular complexity index is 575. The maximum Gasteiger partial charge on any atom is 0.205 e. The van der Waals surface area contributed by atoms with E-state index in [1.54, 1.807) is 18.2 Å². The molecule has 1 nitrogen and oxygen atoms in total. The fraction of sp³-hybridized carbons (Fsp3) is 0.0833. The van der Waals surface area contributed by atoms with Gasteiger partial charge in [0, 0.05) is 0 Å². The fourth-order valence-electron chi connectivity index (χ4n) is 1.40. The number of hydrogen-bond donors (Lipinski definition) is 0. The Morgan fingerprint density at radius 3 is 2.71 bits per heavy atom. The Balaban J connectivity index is 2.47. The van der Waals surface area contributed by atoms with E-state index in [9.17, 15) is 9.18 Å². The number of aryl methyl sites for hydroxylation is 1. The summed E-state index contributed by atoms with van der Waals surface area (Å²) in [7, 11) is 0. The number of benzene rings is 1. The third-order valence-corrected chi connectivity index (χ3v) is 4.71. The Hall–Kier alpha value is -0.710. The van der Waals surface area contributed by atoms with Crippen LogP contribution < -0.4 is 0 Å². The van der Waals surface area contributed by atoms with E-state index in [2.05, 4.69) is 15.9 Å². The molecule has 2 rings (SSSR count). The molecule has 2 aromatic rings. The van der Waals surface area contributed by atoms with E-state index >= 15 is 0 Å². The van der Waals surface area contributed by atoms with Crippen LogP contribution in [0.2, 0.25) is 5.02 Å². The second-order valence-electron chi connectivity index (χ2n) is 3.54. The van der Waals surface area contributed by atoms with Crippen molar-refractivity contribution in [3.8, 4) is 0 Å². The fourth-order valence-corrected chi connectivity index (χ4v) is 3.06. The van der Waals surface area contributed by atoms with Gasteiger partial charge in [0.05, 0.1) is 19.2 Å². The molecule has 0 aliphatic heterocycles. The summed E-state index contributed by atoms with van der Waals surface area (Å²) < 4.78 is 14.2. The van der Waals surface area contributed by atoms with Crippen molar-refractivity contribution in [1.82, 2.24) is 0 Å². The molecular weight excluding hydrogens is 327 g/mol. The normalized spacial score (nSPS) is 10.6. The van der Waals surface area contributed by atoms with Crippen LogP contribution in [0.4, 0.5) is 4.39 Å². The van der Waals surface area contributed by atoms with Crippen molar-refractivity contribution in [3.63, 3.8) is 0 Å². The number of thiophene rings is 1. The molecule has 0 N–H and O–H groups in total. The van der Waals surface area contributed by atoms with E-state index in [1.807, 2.05) is 6.92 Å².